The van der Waals surface area contributed by atoms with Crippen LogP contribution in [0.5, 0.6) is 0 Å². The lowest BCUT2D eigenvalue weighted by molar-refractivity contribution is 0.113. The van der Waals surface area contributed by atoms with Crippen LogP contribution in [0.4, 0.5) is 0 Å². The van der Waals surface area contributed by atoms with Crippen LogP contribution in [-0.4, -0.2) is 24.5 Å². The smallest absolute Gasteiger partial charge is 0.0470 e. The Bertz CT molecular complexity index is 383. The molecule has 1 aromatic rings. The summed E-state index contributed by atoms with van der Waals surface area (Å²) in [6, 6.07) is 7.85. The summed E-state index contributed by atoms with van der Waals surface area (Å²) in [6.45, 7) is 5.04. The lowest BCUT2D eigenvalue weighted by Gasteiger charge is -2.40. The van der Waals surface area contributed by atoms with Crippen molar-refractivity contribution in [3.05, 3.63) is 34.9 Å². The van der Waals surface area contributed by atoms with Crippen LogP contribution in [0.2, 0.25) is 0 Å². The van der Waals surface area contributed by atoms with E-state index in [1.807, 2.05) is 0 Å². The van der Waals surface area contributed by atoms with Crippen molar-refractivity contribution in [3.63, 3.8) is 0 Å². The Labute approximate surface area is 105 Å². The Morgan fingerprint density at radius 3 is 2.47 bits per heavy atom. The SMILES string of the molecule is Cc1ccc(C(CN)N(C)C2CCC2)cc1C. The zero-order chi connectivity index (χ0) is 12.4. The molecule has 0 aliphatic heterocycles. The van der Waals surface area contributed by atoms with Gasteiger partial charge in [-0.2, -0.15) is 0 Å². The lowest BCUT2D eigenvalue weighted by atomic mass is 9.89. The largest absolute Gasteiger partial charge is 0.329 e. The summed E-state index contributed by atoms with van der Waals surface area (Å²) in [5.74, 6) is 0. The molecule has 2 nitrogen and oxygen atoms in total. The van der Waals surface area contributed by atoms with Gasteiger partial charge in [0.1, 0.15) is 0 Å². The molecule has 1 atom stereocenters. The van der Waals surface area contributed by atoms with E-state index < -0.39 is 0 Å². The highest BCUT2D eigenvalue weighted by Crippen LogP contribution is 2.30. The third-order valence-electron chi connectivity index (χ3n) is 4.28. The monoisotopic (exact) mass is 232 g/mol. The second kappa shape index (κ2) is 5.19. The molecule has 2 heteroatoms. The maximum Gasteiger partial charge on any atom is 0.0470 e. The first-order chi connectivity index (χ1) is 8.13. The van der Waals surface area contributed by atoms with Crippen molar-refractivity contribution in [2.75, 3.05) is 13.6 Å². The van der Waals surface area contributed by atoms with Crippen molar-refractivity contribution in [1.82, 2.24) is 4.90 Å². The van der Waals surface area contributed by atoms with E-state index in [1.165, 1.54) is 36.0 Å². The second-order valence-corrected chi connectivity index (χ2v) is 5.35. The molecule has 0 spiro atoms. The van der Waals surface area contributed by atoms with Gasteiger partial charge in [0.15, 0.2) is 0 Å². The van der Waals surface area contributed by atoms with Crippen molar-refractivity contribution in [2.45, 2.75) is 45.2 Å². The molecule has 0 saturated heterocycles. The minimum Gasteiger partial charge on any atom is -0.329 e. The minimum atomic E-state index is 0.375. The van der Waals surface area contributed by atoms with Crippen LogP contribution in [0.1, 0.15) is 42.0 Å². The van der Waals surface area contributed by atoms with E-state index in [1.54, 1.807) is 0 Å². The Balaban J connectivity index is 2.18. The third-order valence-corrected chi connectivity index (χ3v) is 4.28. The predicted molar refractivity (Wildman–Crippen MR) is 73.1 cm³/mol. The standard InChI is InChI=1S/C15H24N2/c1-11-7-8-13(9-12(11)2)15(10-16)17(3)14-5-4-6-14/h7-9,14-15H,4-6,10,16H2,1-3H3. The molecule has 2 rings (SSSR count). The molecule has 1 aliphatic rings. The van der Waals surface area contributed by atoms with Gasteiger partial charge in [-0.25, -0.2) is 0 Å². The van der Waals surface area contributed by atoms with E-state index in [0.29, 0.717) is 12.6 Å². The van der Waals surface area contributed by atoms with Gasteiger partial charge in [-0.15, -0.1) is 0 Å². The van der Waals surface area contributed by atoms with Crippen molar-refractivity contribution in [1.29, 1.82) is 0 Å². The summed E-state index contributed by atoms with van der Waals surface area (Å²) in [5, 5.41) is 0. The Kier molecular flexibility index (Phi) is 3.85. The van der Waals surface area contributed by atoms with E-state index in [4.69, 9.17) is 5.73 Å². The number of likely N-dealkylation sites (N-methyl/N-ethyl adjacent to an activating group) is 1. The average Bonchev–Trinajstić information content (AvgIpc) is 2.22. The van der Waals surface area contributed by atoms with E-state index >= 15 is 0 Å². The van der Waals surface area contributed by atoms with Gasteiger partial charge < -0.3 is 5.73 Å². The van der Waals surface area contributed by atoms with Gasteiger partial charge in [0.2, 0.25) is 0 Å². The van der Waals surface area contributed by atoms with Gasteiger partial charge in [0.05, 0.1) is 0 Å². The molecular weight excluding hydrogens is 208 g/mol. The Hall–Kier alpha value is -0.860. The third kappa shape index (κ3) is 2.53. The molecular formula is C15H24N2. The van der Waals surface area contributed by atoms with E-state index in [0.717, 1.165) is 6.04 Å². The van der Waals surface area contributed by atoms with Crippen LogP contribution in [0.3, 0.4) is 0 Å². The summed E-state index contributed by atoms with van der Waals surface area (Å²) in [5.41, 5.74) is 10.1. The minimum absolute atomic E-state index is 0.375. The van der Waals surface area contributed by atoms with Gasteiger partial charge in [-0.1, -0.05) is 24.6 Å². The van der Waals surface area contributed by atoms with E-state index in [9.17, 15) is 0 Å². The fourth-order valence-corrected chi connectivity index (χ4v) is 2.56. The lowest BCUT2D eigenvalue weighted by Crippen LogP contribution is -2.42. The van der Waals surface area contributed by atoms with Gasteiger partial charge >= 0.3 is 0 Å². The van der Waals surface area contributed by atoms with Crippen LogP contribution in [-0.2, 0) is 0 Å². The first-order valence-corrected chi connectivity index (χ1v) is 6.62. The van der Waals surface area contributed by atoms with Crippen LogP contribution in [0, 0.1) is 13.8 Å². The quantitative estimate of drug-likeness (QED) is 0.865. The normalized spacial score (nSPS) is 18.2. The number of hydrogen-bond acceptors (Lipinski definition) is 2. The van der Waals surface area contributed by atoms with Crippen LogP contribution < -0.4 is 5.73 Å². The molecule has 94 valence electrons. The van der Waals surface area contributed by atoms with Crippen LogP contribution in [0.15, 0.2) is 18.2 Å². The molecule has 0 heterocycles. The molecule has 2 N–H and O–H groups in total. The number of benzene rings is 1. The number of nitrogens with two attached hydrogens (primary N) is 1. The molecule has 17 heavy (non-hydrogen) atoms. The number of nitrogens with zero attached hydrogens (tertiary/aromatic N) is 1. The highest BCUT2D eigenvalue weighted by molar-refractivity contribution is 5.32. The topological polar surface area (TPSA) is 29.3 Å². The summed E-state index contributed by atoms with van der Waals surface area (Å²) < 4.78 is 0. The Morgan fingerprint density at radius 1 is 1.29 bits per heavy atom. The summed E-state index contributed by atoms with van der Waals surface area (Å²) in [4.78, 5) is 2.47. The zero-order valence-corrected chi connectivity index (χ0v) is 11.2. The molecule has 1 aliphatic carbocycles. The first kappa shape index (κ1) is 12.6. The number of hydrogen-bond donors (Lipinski definition) is 1. The number of aryl methyl sites for hydroxylation is 2. The first-order valence-electron chi connectivity index (χ1n) is 6.62. The Morgan fingerprint density at radius 2 is 2.00 bits per heavy atom. The molecule has 0 aromatic heterocycles. The molecule has 1 saturated carbocycles. The van der Waals surface area contributed by atoms with Gasteiger partial charge in [0, 0.05) is 18.6 Å². The maximum atomic E-state index is 5.97. The predicted octanol–water partition coefficient (Wildman–Crippen LogP) is 2.79. The molecule has 0 bridgehead atoms. The van der Waals surface area contributed by atoms with Gasteiger partial charge in [0.25, 0.3) is 0 Å². The van der Waals surface area contributed by atoms with E-state index in [2.05, 4.69) is 44.0 Å². The molecule has 0 amide bonds. The number of rotatable bonds is 4. The van der Waals surface area contributed by atoms with Crippen LogP contribution >= 0.6 is 0 Å². The molecule has 1 fully saturated rings. The summed E-state index contributed by atoms with van der Waals surface area (Å²) in [6.07, 6.45) is 4.04. The van der Waals surface area contributed by atoms with Crippen molar-refractivity contribution in [3.8, 4) is 0 Å². The van der Waals surface area contributed by atoms with Crippen molar-refractivity contribution < 1.29 is 0 Å². The van der Waals surface area contributed by atoms with Gasteiger partial charge in [-0.3, -0.25) is 4.90 Å². The highest BCUT2D eigenvalue weighted by Gasteiger charge is 2.27. The van der Waals surface area contributed by atoms with Gasteiger partial charge in [-0.05, 0) is 50.4 Å². The van der Waals surface area contributed by atoms with Crippen molar-refractivity contribution in [2.24, 2.45) is 5.73 Å². The molecule has 0 radical (unpaired) electrons. The van der Waals surface area contributed by atoms with Crippen molar-refractivity contribution >= 4 is 0 Å². The molecule has 1 unspecified atom stereocenters. The van der Waals surface area contributed by atoms with E-state index in [-0.39, 0.29) is 0 Å². The highest BCUT2D eigenvalue weighted by atomic mass is 15.2. The summed E-state index contributed by atoms with van der Waals surface area (Å²) in [7, 11) is 2.22. The summed E-state index contributed by atoms with van der Waals surface area (Å²) >= 11 is 0. The fourth-order valence-electron chi connectivity index (χ4n) is 2.56. The van der Waals surface area contributed by atoms with Crippen LogP contribution in [0.25, 0.3) is 0 Å². The second-order valence-electron chi connectivity index (χ2n) is 5.35. The maximum absolute atomic E-state index is 5.97. The average molecular weight is 232 g/mol. The molecule has 1 aromatic carbocycles. The zero-order valence-electron chi connectivity index (χ0n) is 11.2. The fraction of sp³-hybridized carbons (Fsp3) is 0.600.